The number of piperazine rings is 1. The van der Waals surface area contributed by atoms with Gasteiger partial charge in [0, 0.05) is 26.2 Å². The highest BCUT2D eigenvalue weighted by Crippen LogP contribution is 2.37. The molecule has 2 heterocycles. The van der Waals surface area contributed by atoms with Crippen LogP contribution in [0.2, 0.25) is 0 Å². The highest BCUT2D eigenvalue weighted by atomic mass is 19.1. The minimum Gasteiger partial charge on any atom is -0.496 e. The molecule has 0 aliphatic carbocycles. The summed E-state index contributed by atoms with van der Waals surface area (Å²) in [6, 6.07) is 12.4. The zero-order valence-corrected chi connectivity index (χ0v) is 16.4. The van der Waals surface area contributed by atoms with E-state index in [0.29, 0.717) is 55.0 Å². The summed E-state index contributed by atoms with van der Waals surface area (Å²) in [5, 5.41) is 8.34. The van der Waals surface area contributed by atoms with Gasteiger partial charge < -0.3 is 19.3 Å². The van der Waals surface area contributed by atoms with E-state index in [2.05, 4.69) is 15.1 Å². The van der Waals surface area contributed by atoms with Gasteiger partial charge >= 0.3 is 0 Å². The number of hydrogen-bond donors (Lipinski definition) is 0. The zero-order valence-electron chi connectivity index (χ0n) is 16.4. The van der Waals surface area contributed by atoms with E-state index < -0.39 is 0 Å². The van der Waals surface area contributed by atoms with E-state index in [4.69, 9.17) is 14.5 Å². The van der Waals surface area contributed by atoms with E-state index in [0.717, 1.165) is 5.56 Å². The standard InChI is InChI=1S/C21H22FN5O2/c1-28-18-8-5-9-19(29-2)20(18)16-14-23-25-21(24-16)27-12-10-26(11-13-27)17-7-4-3-6-15(17)22/h3-9,14H,10-13H2,1-2H3. The molecule has 2 aromatic carbocycles. The average Bonchev–Trinajstić information content (AvgIpc) is 2.79. The number of aromatic nitrogens is 3. The van der Waals surface area contributed by atoms with Crippen molar-refractivity contribution in [2.45, 2.75) is 0 Å². The van der Waals surface area contributed by atoms with Crippen LogP contribution in [0.3, 0.4) is 0 Å². The fourth-order valence-corrected chi connectivity index (χ4v) is 3.51. The smallest absolute Gasteiger partial charge is 0.246 e. The summed E-state index contributed by atoms with van der Waals surface area (Å²) < 4.78 is 25.0. The first-order valence-corrected chi connectivity index (χ1v) is 9.36. The van der Waals surface area contributed by atoms with Crippen molar-refractivity contribution in [1.82, 2.24) is 15.2 Å². The van der Waals surface area contributed by atoms with Crippen LogP contribution in [-0.2, 0) is 0 Å². The van der Waals surface area contributed by atoms with Crippen LogP contribution < -0.4 is 19.3 Å². The Labute approximate surface area is 168 Å². The number of halogens is 1. The van der Waals surface area contributed by atoms with Gasteiger partial charge in [0.05, 0.1) is 31.7 Å². The highest BCUT2D eigenvalue weighted by Gasteiger charge is 2.22. The number of hydrogen-bond acceptors (Lipinski definition) is 7. The Morgan fingerprint density at radius 3 is 2.17 bits per heavy atom. The topological polar surface area (TPSA) is 63.6 Å². The molecule has 1 fully saturated rings. The van der Waals surface area contributed by atoms with Crippen LogP contribution in [0, 0.1) is 5.82 Å². The van der Waals surface area contributed by atoms with Crippen molar-refractivity contribution >= 4 is 11.6 Å². The molecule has 0 unspecified atom stereocenters. The number of rotatable bonds is 5. The van der Waals surface area contributed by atoms with Crippen molar-refractivity contribution in [3.8, 4) is 22.8 Å². The summed E-state index contributed by atoms with van der Waals surface area (Å²) in [6.07, 6.45) is 1.60. The quantitative estimate of drug-likeness (QED) is 0.658. The second-order valence-corrected chi connectivity index (χ2v) is 6.60. The molecule has 3 aromatic rings. The number of ether oxygens (including phenoxy) is 2. The van der Waals surface area contributed by atoms with Gasteiger partial charge in [0.25, 0.3) is 0 Å². The summed E-state index contributed by atoms with van der Waals surface area (Å²) >= 11 is 0. The molecule has 0 spiro atoms. The lowest BCUT2D eigenvalue weighted by atomic mass is 10.1. The van der Waals surface area contributed by atoms with Crippen molar-refractivity contribution in [2.24, 2.45) is 0 Å². The number of methoxy groups -OCH3 is 2. The van der Waals surface area contributed by atoms with Gasteiger partial charge in [0.15, 0.2) is 0 Å². The summed E-state index contributed by atoms with van der Waals surface area (Å²) in [4.78, 5) is 8.78. The molecule has 4 rings (SSSR count). The number of nitrogens with zero attached hydrogens (tertiary/aromatic N) is 5. The van der Waals surface area contributed by atoms with E-state index >= 15 is 0 Å². The summed E-state index contributed by atoms with van der Waals surface area (Å²) in [7, 11) is 3.21. The Hall–Kier alpha value is -3.42. The van der Waals surface area contributed by atoms with Crippen molar-refractivity contribution in [3.63, 3.8) is 0 Å². The van der Waals surface area contributed by atoms with Crippen LogP contribution in [0.15, 0.2) is 48.7 Å². The lowest BCUT2D eigenvalue weighted by Gasteiger charge is -2.36. The van der Waals surface area contributed by atoms with Gasteiger partial charge in [-0.05, 0) is 24.3 Å². The van der Waals surface area contributed by atoms with Gasteiger partial charge in [0.1, 0.15) is 23.0 Å². The Bertz CT molecular complexity index is 970. The molecule has 29 heavy (non-hydrogen) atoms. The van der Waals surface area contributed by atoms with Crippen LogP contribution >= 0.6 is 0 Å². The minimum atomic E-state index is -0.205. The molecule has 0 bridgehead atoms. The Morgan fingerprint density at radius 1 is 0.862 bits per heavy atom. The summed E-state index contributed by atoms with van der Waals surface area (Å²) in [6.45, 7) is 2.68. The first kappa shape index (κ1) is 18.9. The third-order valence-corrected chi connectivity index (χ3v) is 4.99. The molecule has 7 nitrogen and oxygen atoms in total. The van der Waals surface area contributed by atoms with Crippen LogP contribution in [0.4, 0.5) is 16.0 Å². The van der Waals surface area contributed by atoms with E-state index in [1.54, 1.807) is 32.5 Å². The molecule has 1 aliphatic heterocycles. The molecular weight excluding hydrogens is 373 g/mol. The Morgan fingerprint density at radius 2 is 1.52 bits per heavy atom. The highest BCUT2D eigenvalue weighted by molar-refractivity contribution is 5.74. The predicted molar refractivity (Wildman–Crippen MR) is 109 cm³/mol. The van der Waals surface area contributed by atoms with Crippen molar-refractivity contribution in [2.75, 3.05) is 50.2 Å². The van der Waals surface area contributed by atoms with Crippen molar-refractivity contribution < 1.29 is 13.9 Å². The SMILES string of the molecule is COc1cccc(OC)c1-c1cnnc(N2CCN(c3ccccc3F)CC2)n1. The lowest BCUT2D eigenvalue weighted by Crippen LogP contribution is -2.47. The van der Waals surface area contributed by atoms with Gasteiger partial charge in [-0.2, -0.15) is 5.10 Å². The van der Waals surface area contributed by atoms with Crippen LogP contribution in [0.5, 0.6) is 11.5 Å². The predicted octanol–water partition coefficient (Wildman–Crippen LogP) is 3.02. The van der Waals surface area contributed by atoms with Gasteiger partial charge in [-0.3, -0.25) is 0 Å². The van der Waals surface area contributed by atoms with Crippen LogP contribution in [0.25, 0.3) is 11.3 Å². The maximum Gasteiger partial charge on any atom is 0.246 e. The van der Waals surface area contributed by atoms with Crippen LogP contribution in [0.1, 0.15) is 0 Å². The lowest BCUT2D eigenvalue weighted by molar-refractivity contribution is 0.397. The second-order valence-electron chi connectivity index (χ2n) is 6.60. The second kappa shape index (κ2) is 8.30. The van der Waals surface area contributed by atoms with E-state index in [9.17, 15) is 4.39 Å². The van der Waals surface area contributed by atoms with Gasteiger partial charge in [-0.25, -0.2) is 9.37 Å². The number of para-hydroxylation sites is 1. The molecule has 8 heteroatoms. The van der Waals surface area contributed by atoms with E-state index in [1.807, 2.05) is 29.2 Å². The normalized spacial score (nSPS) is 14.0. The Balaban J connectivity index is 1.56. The van der Waals surface area contributed by atoms with Gasteiger partial charge in [0.2, 0.25) is 5.95 Å². The molecule has 0 N–H and O–H groups in total. The molecule has 1 saturated heterocycles. The molecule has 150 valence electrons. The monoisotopic (exact) mass is 395 g/mol. The maximum absolute atomic E-state index is 14.1. The first-order chi connectivity index (χ1) is 14.2. The van der Waals surface area contributed by atoms with Gasteiger partial charge in [-0.15, -0.1) is 5.10 Å². The first-order valence-electron chi connectivity index (χ1n) is 9.36. The fraction of sp³-hybridized carbons (Fsp3) is 0.286. The summed E-state index contributed by atoms with van der Waals surface area (Å²) in [5.41, 5.74) is 1.98. The molecule has 1 aromatic heterocycles. The Kier molecular flexibility index (Phi) is 5.41. The molecule has 0 amide bonds. The van der Waals surface area contributed by atoms with Crippen molar-refractivity contribution in [3.05, 3.63) is 54.5 Å². The largest absolute Gasteiger partial charge is 0.496 e. The molecule has 0 radical (unpaired) electrons. The number of anilines is 2. The summed E-state index contributed by atoms with van der Waals surface area (Å²) in [5.74, 6) is 1.63. The minimum absolute atomic E-state index is 0.205. The zero-order chi connectivity index (χ0) is 20.2. The van der Waals surface area contributed by atoms with Crippen molar-refractivity contribution in [1.29, 1.82) is 0 Å². The van der Waals surface area contributed by atoms with Gasteiger partial charge in [-0.1, -0.05) is 18.2 Å². The molecule has 0 saturated carbocycles. The van der Waals surface area contributed by atoms with Crippen LogP contribution in [-0.4, -0.2) is 55.6 Å². The molecule has 1 aliphatic rings. The van der Waals surface area contributed by atoms with E-state index in [1.165, 1.54) is 6.07 Å². The molecular formula is C21H22FN5O2. The fourth-order valence-electron chi connectivity index (χ4n) is 3.51. The average molecular weight is 395 g/mol. The third kappa shape index (κ3) is 3.78. The molecule has 0 atom stereocenters. The maximum atomic E-state index is 14.1. The number of benzene rings is 2. The third-order valence-electron chi connectivity index (χ3n) is 4.99. The van der Waals surface area contributed by atoms with E-state index in [-0.39, 0.29) is 5.82 Å².